The van der Waals surface area contributed by atoms with E-state index in [-0.39, 0.29) is 11.5 Å². The Kier molecular flexibility index (Phi) is 4.43. The van der Waals surface area contributed by atoms with Crippen molar-refractivity contribution in [3.05, 3.63) is 29.3 Å². The first-order valence-corrected chi connectivity index (χ1v) is 6.93. The molecular formula is C15H18F3N3. The van der Waals surface area contributed by atoms with Crippen LogP contribution >= 0.6 is 0 Å². The lowest BCUT2D eigenvalue weighted by Crippen LogP contribution is -2.42. The number of piperidine rings is 1. The summed E-state index contributed by atoms with van der Waals surface area (Å²) in [7, 11) is 0. The van der Waals surface area contributed by atoms with E-state index in [4.69, 9.17) is 11.0 Å². The lowest BCUT2D eigenvalue weighted by Gasteiger charge is -2.38. The molecule has 0 aliphatic carbocycles. The van der Waals surface area contributed by atoms with Gasteiger partial charge in [0.25, 0.3) is 0 Å². The minimum Gasteiger partial charge on any atom is -0.371 e. The average Bonchev–Trinajstić information content (AvgIpc) is 2.46. The number of halogens is 3. The van der Waals surface area contributed by atoms with Crippen LogP contribution in [0, 0.1) is 23.2 Å². The van der Waals surface area contributed by atoms with Gasteiger partial charge in [-0.1, -0.05) is 6.92 Å². The standard InChI is InChI=1S/C15H18F3N3/c1-10-4-5-21(9-12(10)8-20)13-3-2-11(7-19)14(6-13)15(16,17)18/h2-3,6,10,12H,4-5,8-9,20H2,1H3. The summed E-state index contributed by atoms with van der Waals surface area (Å²) < 4.78 is 39.0. The Morgan fingerprint density at radius 2 is 2.14 bits per heavy atom. The van der Waals surface area contributed by atoms with Crippen LogP contribution in [0.3, 0.4) is 0 Å². The quantitative estimate of drug-likeness (QED) is 0.913. The highest BCUT2D eigenvalue weighted by molar-refractivity contribution is 5.55. The first kappa shape index (κ1) is 15.6. The van der Waals surface area contributed by atoms with Crippen LogP contribution in [0.1, 0.15) is 24.5 Å². The van der Waals surface area contributed by atoms with Crippen LogP contribution in [-0.2, 0) is 6.18 Å². The molecule has 1 aliphatic heterocycles. The highest BCUT2D eigenvalue weighted by atomic mass is 19.4. The highest BCUT2D eigenvalue weighted by Crippen LogP contribution is 2.35. The van der Waals surface area contributed by atoms with E-state index in [1.54, 1.807) is 12.1 Å². The Labute approximate surface area is 122 Å². The predicted octanol–water partition coefficient (Wildman–Crippen LogP) is 3.00. The Morgan fingerprint density at radius 1 is 1.43 bits per heavy atom. The van der Waals surface area contributed by atoms with E-state index >= 15 is 0 Å². The minimum atomic E-state index is -4.52. The Morgan fingerprint density at radius 3 is 2.71 bits per heavy atom. The zero-order chi connectivity index (χ0) is 15.6. The van der Waals surface area contributed by atoms with Crippen LogP contribution in [0.2, 0.25) is 0 Å². The number of nitrogens with two attached hydrogens (primary N) is 1. The van der Waals surface area contributed by atoms with Gasteiger partial charge in [-0.3, -0.25) is 0 Å². The molecule has 2 atom stereocenters. The van der Waals surface area contributed by atoms with Crippen LogP contribution in [-0.4, -0.2) is 19.6 Å². The number of nitrogens with zero attached hydrogens (tertiary/aromatic N) is 2. The molecule has 2 rings (SSSR count). The molecule has 0 amide bonds. The second-order valence-corrected chi connectivity index (χ2v) is 5.55. The summed E-state index contributed by atoms with van der Waals surface area (Å²) >= 11 is 0. The molecule has 0 bridgehead atoms. The van der Waals surface area contributed by atoms with Gasteiger partial charge in [0.05, 0.1) is 17.2 Å². The topological polar surface area (TPSA) is 53.0 Å². The summed E-state index contributed by atoms with van der Waals surface area (Å²) in [5.41, 5.74) is 5.02. The molecular weight excluding hydrogens is 279 g/mol. The van der Waals surface area contributed by atoms with Crippen molar-refractivity contribution in [3.63, 3.8) is 0 Å². The maximum absolute atomic E-state index is 13.0. The smallest absolute Gasteiger partial charge is 0.371 e. The van der Waals surface area contributed by atoms with E-state index < -0.39 is 11.7 Å². The molecule has 0 saturated carbocycles. The summed E-state index contributed by atoms with van der Waals surface area (Å²) in [6.45, 7) is 4.01. The Balaban J connectivity index is 2.31. The van der Waals surface area contributed by atoms with Gasteiger partial charge in [-0.05, 0) is 43.0 Å². The van der Waals surface area contributed by atoms with Crippen LogP contribution in [0.4, 0.5) is 18.9 Å². The molecule has 21 heavy (non-hydrogen) atoms. The van der Waals surface area contributed by atoms with Gasteiger partial charge in [-0.2, -0.15) is 18.4 Å². The van der Waals surface area contributed by atoms with Gasteiger partial charge in [0.15, 0.2) is 0 Å². The first-order valence-electron chi connectivity index (χ1n) is 6.93. The molecule has 0 radical (unpaired) electrons. The van der Waals surface area contributed by atoms with E-state index in [0.717, 1.165) is 12.5 Å². The second-order valence-electron chi connectivity index (χ2n) is 5.55. The van der Waals surface area contributed by atoms with Gasteiger partial charge < -0.3 is 10.6 Å². The third-order valence-corrected chi connectivity index (χ3v) is 4.21. The Hall–Kier alpha value is -1.74. The third kappa shape index (κ3) is 3.30. The van der Waals surface area contributed by atoms with E-state index in [0.29, 0.717) is 31.2 Å². The SMILES string of the molecule is CC1CCN(c2ccc(C#N)c(C(F)(F)F)c2)CC1CN. The molecule has 0 aromatic heterocycles. The van der Waals surface area contributed by atoms with E-state index in [1.807, 2.05) is 4.90 Å². The molecule has 2 N–H and O–H groups in total. The number of anilines is 1. The number of nitriles is 1. The van der Waals surface area contributed by atoms with Gasteiger partial charge in [-0.15, -0.1) is 0 Å². The number of hydrogen-bond donors (Lipinski definition) is 1. The van der Waals surface area contributed by atoms with Crippen molar-refractivity contribution in [2.75, 3.05) is 24.5 Å². The lowest BCUT2D eigenvalue weighted by molar-refractivity contribution is -0.137. The van der Waals surface area contributed by atoms with Crippen molar-refractivity contribution in [1.29, 1.82) is 5.26 Å². The molecule has 2 unspecified atom stereocenters. The number of alkyl halides is 3. The first-order chi connectivity index (χ1) is 9.86. The summed E-state index contributed by atoms with van der Waals surface area (Å²) in [5.74, 6) is 0.760. The molecule has 1 aliphatic rings. The number of benzene rings is 1. The zero-order valence-corrected chi connectivity index (χ0v) is 11.8. The lowest BCUT2D eigenvalue weighted by atomic mass is 9.87. The molecule has 1 aromatic carbocycles. The molecule has 3 nitrogen and oxygen atoms in total. The van der Waals surface area contributed by atoms with Crippen LogP contribution in [0.25, 0.3) is 0 Å². The van der Waals surface area contributed by atoms with Gasteiger partial charge >= 0.3 is 6.18 Å². The molecule has 1 fully saturated rings. The molecule has 0 spiro atoms. The number of hydrogen-bond acceptors (Lipinski definition) is 3. The van der Waals surface area contributed by atoms with Crippen molar-refractivity contribution in [2.45, 2.75) is 19.5 Å². The van der Waals surface area contributed by atoms with Crippen LogP contribution in [0.15, 0.2) is 18.2 Å². The number of rotatable bonds is 2. The monoisotopic (exact) mass is 297 g/mol. The fraction of sp³-hybridized carbons (Fsp3) is 0.533. The summed E-state index contributed by atoms with van der Waals surface area (Å²) in [5, 5.41) is 8.82. The van der Waals surface area contributed by atoms with Crippen molar-refractivity contribution in [3.8, 4) is 6.07 Å². The molecule has 1 saturated heterocycles. The summed E-state index contributed by atoms with van der Waals surface area (Å²) in [6.07, 6.45) is -3.61. The predicted molar refractivity (Wildman–Crippen MR) is 74.7 cm³/mol. The Bertz CT molecular complexity index is 548. The molecule has 1 heterocycles. The molecule has 6 heteroatoms. The molecule has 1 aromatic rings. The van der Waals surface area contributed by atoms with Gasteiger partial charge in [0.1, 0.15) is 0 Å². The third-order valence-electron chi connectivity index (χ3n) is 4.21. The summed E-state index contributed by atoms with van der Waals surface area (Å²) in [4.78, 5) is 1.92. The zero-order valence-electron chi connectivity index (χ0n) is 11.8. The van der Waals surface area contributed by atoms with Crippen LogP contribution < -0.4 is 10.6 Å². The van der Waals surface area contributed by atoms with Crippen molar-refractivity contribution in [2.24, 2.45) is 17.6 Å². The van der Waals surface area contributed by atoms with Crippen molar-refractivity contribution in [1.82, 2.24) is 0 Å². The van der Waals surface area contributed by atoms with Gasteiger partial charge in [0.2, 0.25) is 0 Å². The van der Waals surface area contributed by atoms with Crippen molar-refractivity contribution < 1.29 is 13.2 Å². The van der Waals surface area contributed by atoms with Crippen molar-refractivity contribution >= 4 is 5.69 Å². The normalized spacial score (nSPS) is 23.0. The largest absolute Gasteiger partial charge is 0.417 e. The van der Waals surface area contributed by atoms with Crippen LogP contribution in [0.5, 0.6) is 0 Å². The fourth-order valence-electron chi connectivity index (χ4n) is 2.75. The highest BCUT2D eigenvalue weighted by Gasteiger charge is 2.35. The second kappa shape index (κ2) is 5.94. The van der Waals surface area contributed by atoms with E-state index in [9.17, 15) is 13.2 Å². The van der Waals surface area contributed by atoms with E-state index in [2.05, 4.69) is 6.92 Å². The van der Waals surface area contributed by atoms with E-state index in [1.165, 1.54) is 6.07 Å². The maximum Gasteiger partial charge on any atom is 0.417 e. The maximum atomic E-state index is 13.0. The van der Waals surface area contributed by atoms with Gasteiger partial charge in [0, 0.05) is 18.8 Å². The fourth-order valence-corrected chi connectivity index (χ4v) is 2.75. The van der Waals surface area contributed by atoms with Gasteiger partial charge in [-0.25, -0.2) is 0 Å². The summed E-state index contributed by atoms with van der Waals surface area (Å²) in [6, 6.07) is 5.50. The minimum absolute atomic E-state index is 0.281. The molecule has 114 valence electrons. The average molecular weight is 297 g/mol.